The van der Waals surface area contributed by atoms with Gasteiger partial charge in [0.2, 0.25) is 0 Å². The van der Waals surface area contributed by atoms with Crippen LogP contribution in [-0.4, -0.2) is 14.7 Å². The monoisotopic (exact) mass is 260 g/mol. The third-order valence-electron chi connectivity index (χ3n) is 2.96. The van der Waals surface area contributed by atoms with E-state index in [2.05, 4.69) is 19.1 Å². The number of aryl methyl sites for hydroxylation is 1. The lowest BCUT2D eigenvalue weighted by atomic mass is 10.0. The molecule has 2 aromatic rings. The first-order valence-electron chi connectivity index (χ1n) is 5.90. The summed E-state index contributed by atoms with van der Waals surface area (Å²) in [5.41, 5.74) is 3.25. The maximum Gasteiger partial charge on any atom is 0.175 e. The summed E-state index contributed by atoms with van der Waals surface area (Å²) < 4.78 is 23.0. The first-order valence-corrected chi connectivity index (χ1v) is 7.79. The Morgan fingerprint density at radius 2 is 1.61 bits per heavy atom. The van der Waals surface area contributed by atoms with Gasteiger partial charge in [-0.3, -0.25) is 0 Å². The van der Waals surface area contributed by atoms with Gasteiger partial charge in [-0.1, -0.05) is 43.3 Å². The molecule has 3 heteroatoms. The quantitative estimate of drug-likeness (QED) is 0.848. The summed E-state index contributed by atoms with van der Waals surface area (Å²) in [6.45, 7) is 2.11. The van der Waals surface area contributed by atoms with Crippen molar-refractivity contribution in [1.29, 1.82) is 0 Å². The molecule has 2 nitrogen and oxygen atoms in total. The fourth-order valence-corrected chi connectivity index (χ4v) is 2.51. The standard InChI is InChI=1S/C15H16O2S/c1-3-12-7-9-13(10-8-12)14-5-4-6-15(11-14)18(2,16)17/h4-11H,3H2,1-2H3. The Bertz CT molecular complexity index is 640. The molecule has 0 atom stereocenters. The van der Waals surface area contributed by atoms with Crippen LogP contribution in [0.5, 0.6) is 0 Å². The van der Waals surface area contributed by atoms with Gasteiger partial charge in [-0.15, -0.1) is 0 Å². The number of hydrogen-bond donors (Lipinski definition) is 0. The summed E-state index contributed by atoms with van der Waals surface area (Å²) in [5, 5.41) is 0. The maximum atomic E-state index is 11.5. The van der Waals surface area contributed by atoms with Crippen molar-refractivity contribution in [3.63, 3.8) is 0 Å². The number of rotatable bonds is 3. The van der Waals surface area contributed by atoms with Gasteiger partial charge in [-0.05, 0) is 35.2 Å². The lowest BCUT2D eigenvalue weighted by molar-refractivity contribution is 0.602. The molecule has 0 N–H and O–H groups in total. The Balaban J connectivity index is 2.44. The number of hydrogen-bond acceptors (Lipinski definition) is 2. The van der Waals surface area contributed by atoms with Crippen molar-refractivity contribution in [2.75, 3.05) is 6.26 Å². The highest BCUT2D eigenvalue weighted by Gasteiger charge is 2.07. The summed E-state index contributed by atoms with van der Waals surface area (Å²) in [5.74, 6) is 0. The van der Waals surface area contributed by atoms with E-state index in [1.165, 1.54) is 11.8 Å². The zero-order chi connectivity index (χ0) is 13.2. The van der Waals surface area contributed by atoms with Gasteiger partial charge in [-0.2, -0.15) is 0 Å². The largest absolute Gasteiger partial charge is 0.224 e. The van der Waals surface area contributed by atoms with Crippen molar-refractivity contribution in [2.45, 2.75) is 18.2 Å². The van der Waals surface area contributed by atoms with E-state index in [4.69, 9.17) is 0 Å². The lowest BCUT2D eigenvalue weighted by Gasteiger charge is -2.05. The normalized spacial score (nSPS) is 11.4. The van der Waals surface area contributed by atoms with Gasteiger partial charge in [-0.25, -0.2) is 8.42 Å². The minimum atomic E-state index is -3.15. The molecule has 94 valence electrons. The molecule has 0 aliphatic carbocycles. The van der Waals surface area contributed by atoms with Crippen LogP contribution in [0.15, 0.2) is 53.4 Å². The van der Waals surface area contributed by atoms with Crippen molar-refractivity contribution in [2.24, 2.45) is 0 Å². The highest BCUT2D eigenvalue weighted by atomic mass is 32.2. The maximum absolute atomic E-state index is 11.5. The van der Waals surface area contributed by atoms with E-state index in [1.807, 2.05) is 18.2 Å². The third kappa shape index (κ3) is 2.79. The molecule has 0 amide bonds. The molecule has 2 aromatic carbocycles. The minimum Gasteiger partial charge on any atom is -0.224 e. The average Bonchev–Trinajstić information content (AvgIpc) is 2.38. The third-order valence-corrected chi connectivity index (χ3v) is 4.07. The van der Waals surface area contributed by atoms with Gasteiger partial charge in [0, 0.05) is 6.26 Å². The first-order chi connectivity index (χ1) is 8.50. The van der Waals surface area contributed by atoms with Gasteiger partial charge >= 0.3 is 0 Å². The summed E-state index contributed by atoms with van der Waals surface area (Å²) in [6.07, 6.45) is 2.23. The van der Waals surface area contributed by atoms with Crippen LogP contribution in [0.1, 0.15) is 12.5 Å². The summed E-state index contributed by atoms with van der Waals surface area (Å²) >= 11 is 0. The smallest absolute Gasteiger partial charge is 0.175 e. The van der Waals surface area contributed by atoms with Crippen LogP contribution in [0.25, 0.3) is 11.1 Å². The summed E-state index contributed by atoms with van der Waals surface area (Å²) in [4.78, 5) is 0.361. The molecule has 0 aromatic heterocycles. The Morgan fingerprint density at radius 1 is 0.944 bits per heavy atom. The first kappa shape index (κ1) is 12.8. The molecule has 2 rings (SSSR count). The van der Waals surface area contributed by atoms with Crippen LogP contribution >= 0.6 is 0 Å². The van der Waals surface area contributed by atoms with Crippen molar-refractivity contribution >= 4 is 9.84 Å². The van der Waals surface area contributed by atoms with E-state index in [0.29, 0.717) is 4.90 Å². The van der Waals surface area contributed by atoms with Crippen LogP contribution in [0.2, 0.25) is 0 Å². The zero-order valence-corrected chi connectivity index (χ0v) is 11.4. The van der Waals surface area contributed by atoms with Crippen molar-refractivity contribution in [3.05, 3.63) is 54.1 Å². The number of benzene rings is 2. The Kier molecular flexibility index (Phi) is 3.53. The van der Waals surface area contributed by atoms with Crippen molar-refractivity contribution in [1.82, 2.24) is 0 Å². The van der Waals surface area contributed by atoms with Crippen LogP contribution in [0, 0.1) is 0 Å². The van der Waals surface area contributed by atoms with E-state index in [0.717, 1.165) is 17.5 Å². The second kappa shape index (κ2) is 4.94. The molecule has 0 heterocycles. The van der Waals surface area contributed by atoms with Crippen LogP contribution in [0.4, 0.5) is 0 Å². The van der Waals surface area contributed by atoms with E-state index in [1.54, 1.807) is 18.2 Å². The minimum absolute atomic E-state index is 0.361. The fourth-order valence-electron chi connectivity index (χ4n) is 1.84. The fraction of sp³-hybridized carbons (Fsp3) is 0.200. The highest BCUT2D eigenvalue weighted by molar-refractivity contribution is 7.90. The summed E-state index contributed by atoms with van der Waals surface area (Å²) in [6, 6.07) is 15.2. The lowest BCUT2D eigenvalue weighted by Crippen LogP contribution is -1.96. The van der Waals surface area contributed by atoms with E-state index < -0.39 is 9.84 Å². The molecule has 0 aliphatic rings. The second-order valence-electron chi connectivity index (χ2n) is 4.35. The van der Waals surface area contributed by atoms with Crippen LogP contribution in [0.3, 0.4) is 0 Å². The molecule has 0 saturated heterocycles. The molecule has 0 fully saturated rings. The van der Waals surface area contributed by atoms with Crippen LogP contribution < -0.4 is 0 Å². The van der Waals surface area contributed by atoms with Gasteiger partial charge in [0.05, 0.1) is 4.90 Å². The molecule has 0 radical (unpaired) electrons. The van der Waals surface area contributed by atoms with E-state index in [-0.39, 0.29) is 0 Å². The topological polar surface area (TPSA) is 34.1 Å². The predicted octanol–water partition coefficient (Wildman–Crippen LogP) is 3.32. The second-order valence-corrected chi connectivity index (χ2v) is 6.37. The Morgan fingerprint density at radius 3 is 2.17 bits per heavy atom. The van der Waals surface area contributed by atoms with Crippen molar-refractivity contribution in [3.8, 4) is 11.1 Å². The Labute approximate surface area is 108 Å². The molecule has 0 aliphatic heterocycles. The predicted molar refractivity (Wildman–Crippen MR) is 74.4 cm³/mol. The molecule has 0 unspecified atom stereocenters. The molecular formula is C15H16O2S. The van der Waals surface area contributed by atoms with E-state index >= 15 is 0 Å². The van der Waals surface area contributed by atoms with E-state index in [9.17, 15) is 8.42 Å². The molecular weight excluding hydrogens is 244 g/mol. The van der Waals surface area contributed by atoms with Gasteiger partial charge in [0.25, 0.3) is 0 Å². The number of sulfone groups is 1. The van der Waals surface area contributed by atoms with Crippen molar-refractivity contribution < 1.29 is 8.42 Å². The highest BCUT2D eigenvalue weighted by Crippen LogP contribution is 2.23. The molecule has 18 heavy (non-hydrogen) atoms. The molecule has 0 spiro atoms. The molecule has 0 bridgehead atoms. The SMILES string of the molecule is CCc1ccc(-c2cccc(S(C)(=O)=O)c2)cc1. The van der Waals surface area contributed by atoms with Gasteiger partial charge in [0.1, 0.15) is 0 Å². The van der Waals surface area contributed by atoms with Gasteiger partial charge in [0.15, 0.2) is 9.84 Å². The Hall–Kier alpha value is -1.61. The van der Waals surface area contributed by atoms with Gasteiger partial charge < -0.3 is 0 Å². The average molecular weight is 260 g/mol. The molecule has 0 saturated carbocycles. The van der Waals surface area contributed by atoms with Crippen LogP contribution in [-0.2, 0) is 16.3 Å². The zero-order valence-electron chi connectivity index (χ0n) is 10.6. The summed E-state index contributed by atoms with van der Waals surface area (Å²) in [7, 11) is -3.15.